The molecule has 0 heterocycles. The molecule has 2 heteroatoms. The van der Waals surface area contributed by atoms with Crippen molar-refractivity contribution in [1.29, 1.82) is 0 Å². The second-order valence-corrected chi connectivity index (χ2v) is 9.14. The number of hydrogen-bond donors (Lipinski definition) is 0. The molecule has 0 radical (unpaired) electrons. The fourth-order valence-electron chi connectivity index (χ4n) is 2.17. The Morgan fingerprint density at radius 3 is 1.94 bits per heavy atom. The molecule has 0 amide bonds. The maximum absolute atomic E-state index is 6.41. The van der Waals surface area contributed by atoms with Gasteiger partial charge in [-0.2, -0.15) is 0 Å². The molecule has 0 N–H and O–H groups in total. The minimum atomic E-state index is -1.46. The summed E-state index contributed by atoms with van der Waals surface area (Å²) in [5.41, 5.74) is 1.30. The Bertz CT molecular complexity index is 285. The van der Waals surface area contributed by atoms with E-state index in [9.17, 15) is 0 Å². The zero-order valence-corrected chi connectivity index (χ0v) is 12.0. The van der Waals surface area contributed by atoms with Crippen LogP contribution in [0.3, 0.4) is 0 Å². The fraction of sp³-hybridized carbons (Fsp3) is 0.571. The molecule has 0 aliphatic carbocycles. The van der Waals surface area contributed by atoms with Gasteiger partial charge in [-0.15, -0.1) is 0 Å². The van der Waals surface area contributed by atoms with Gasteiger partial charge >= 0.3 is 0 Å². The lowest BCUT2D eigenvalue weighted by molar-refractivity contribution is 0.210. The summed E-state index contributed by atoms with van der Waals surface area (Å²) >= 11 is 0. The predicted molar refractivity (Wildman–Crippen MR) is 73.1 cm³/mol. The minimum absolute atomic E-state index is 0.243. The Morgan fingerprint density at radius 1 is 1.00 bits per heavy atom. The normalized spacial score (nSPS) is 13.8. The highest BCUT2D eigenvalue weighted by molar-refractivity contribution is 6.73. The number of benzene rings is 1. The molecule has 16 heavy (non-hydrogen) atoms. The van der Waals surface area contributed by atoms with Crippen molar-refractivity contribution in [2.45, 2.75) is 51.9 Å². The van der Waals surface area contributed by atoms with E-state index in [2.05, 4.69) is 58.0 Å². The minimum Gasteiger partial charge on any atom is -0.410 e. The van der Waals surface area contributed by atoms with Crippen molar-refractivity contribution in [3.63, 3.8) is 0 Å². The molecule has 0 saturated heterocycles. The molecule has 90 valence electrons. The van der Waals surface area contributed by atoms with Crippen LogP contribution < -0.4 is 0 Å². The van der Waals surface area contributed by atoms with Gasteiger partial charge in [0.15, 0.2) is 8.32 Å². The summed E-state index contributed by atoms with van der Waals surface area (Å²) in [4.78, 5) is 0. The summed E-state index contributed by atoms with van der Waals surface area (Å²) in [5.74, 6) is 0. The van der Waals surface area contributed by atoms with E-state index in [1.807, 2.05) is 0 Å². The van der Waals surface area contributed by atoms with Crippen LogP contribution in [-0.4, -0.2) is 8.32 Å². The Hall–Kier alpha value is -0.603. The summed E-state index contributed by atoms with van der Waals surface area (Å²) < 4.78 is 6.41. The molecule has 1 nitrogen and oxygen atoms in total. The van der Waals surface area contributed by atoms with Crippen LogP contribution in [0.1, 0.15) is 39.4 Å². The highest BCUT2D eigenvalue weighted by atomic mass is 28.4. The van der Waals surface area contributed by atoms with Gasteiger partial charge in [-0.1, -0.05) is 51.1 Å². The molecule has 0 bridgehead atoms. The van der Waals surface area contributed by atoms with E-state index in [4.69, 9.17) is 4.43 Å². The smallest absolute Gasteiger partial charge is 0.192 e. The summed E-state index contributed by atoms with van der Waals surface area (Å²) in [7, 11) is -1.46. The largest absolute Gasteiger partial charge is 0.410 e. The predicted octanol–water partition coefficient (Wildman–Crippen LogP) is 4.77. The Labute approximate surface area is 101 Å². The Morgan fingerprint density at radius 2 is 1.50 bits per heavy atom. The molecule has 1 aromatic carbocycles. The third-order valence-corrected chi connectivity index (χ3v) is 8.35. The molecule has 0 aliphatic heterocycles. The summed E-state index contributed by atoms with van der Waals surface area (Å²) in [6.45, 7) is 9.00. The van der Waals surface area contributed by atoms with Gasteiger partial charge in [0.1, 0.15) is 0 Å². The SMILES string of the molecule is CC[Si](CC)(CC)O[C@@H](C)c1ccccc1. The van der Waals surface area contributed by atoms with Crippen molar-refractivity contribution >= 4 is 8.32 Å². The summed E-state index contributed by atoms with van der Waals surface area (Å²) in [6.07, 6.45) is 0.243. The average Bonchev–Trinajstić information content (AvgIpc) is 2.37. The standard InChI is InChI=1S/C14H24OSi/c1-5-16(6-2,7-3)15-13(4)14-11-9-8-10-12-14/h8-13H,5-7H2,1-4H3/t13-/m0/s1. The zero-order chi connectivity index (χ0) is 12.0. The molecular formula is C14H24OSi. The first-order valence-corrected chi connectivity index (χ1v) is 8.93. The molecule has 0 fully saturated rings. The van der Waals surface area contributed by atoms with Crippen LogP contribution >= 0.6 is 0 Å². The van der Waals surface area contributed by atoms with Gasteiger partial charge in [0.2, 0.25) is 0 Å². The van der Waals surface area contributed by atoms with Crippen molar-refractivity contribution in [1.82, 2.24) is 0 Å². The second-order valence-electron chi connectivity index (χ2n) is 4.41. The van der Waals surface area contributed by atoms with Crippen LogP contribution in [0.25, 0.3) is 0 Å². The highest BCUT2D eigenvalue weighted by Gasteiger charge is 2.30. The van der Waals surface area contributed by atoms with E-state index in [1.54, 1.807) is 0 Å². The van der Waals surface area contributed by atoms with Crippen molar-refractivity contribution in [2.75, 3.05) is 0 Å². The topological polar surface area (TPSA) is 9.23 Å². The molecule has 0 unspecified atom stereocenters. The van der Waals surface area contributed by atoms with Crippen molar-refractivity contribution in [3.05, 3.63) is 35.9 Å². The number of rotatable bonds is 6. The van der Waals surface area contributed by atoms with Gasteiger partial charge in [0.05, 0.1) is 6.10 Å². The van der Waals surface area contributed by atoms with Crippen LogP contribution in [-0.2, 0) is 4.43 Å². The van der Waals surface area contributed by atoms with E-state index in [0.29, 0.717) is 0 Å². The first-order valence-electron chi connectivity index (χ1n) is 6.40. The second kappa shape index (κ2) is 6.21. The lowest BCUT2D eigenvalue weighted by atomic mass is 10.1. The first kappa shape index (κ1) is 13.5. The maximum atomic E-state index is 6.41. The van der Waals surface area contributed by atoms with E-state index in [-0.39, 0.29) is 6.10 Å². The van der Waals surface area contributed by atoms with Crippen molar-refractivity contribution in [3.8, 4) is 0 Å². The Balaban J connectivity index is 2.73. The molecule has 0 aromatic heterocycles. The molecule has 1 rings (SSSR count). The van der Waals surface area contributed by atoms with Crippen LogP contribution in [0, 0.1) is 0 Å². The zero-order valence-electron chi connectivity index (χ0n) is 11.0. The Kier molecular flexibility index (Phi) is 5.23. The van der Waals surface area contributed by atoms with Gasteiger partial charge in [-0.25, -0.2) is 0 Å². The van der Waals surface area contributed by atoms with E-state index in [1.165, 1.54) is 23.7 Å². The quantitative estimate of drug-likeness (QED) is 0.646. The van der Waals surface area contributed by atoms with Crippen LogP contribution in [0.4, 0.5) is 0 Å². The molecule has 0 aliphatic rings. The van der Waals surface area contributed by atoms with Crippen molar-refractivity contribution < 1.29 is 4.43 Å². The molecule has 0 saturated carbocycles. The first-order chi connectivity index (χ1) is 7.67. The van der Waals surface area contributed by atoms with Crippen LogP contribution in [0.15, 0.2) is 30.3 Å². The highest BCUT2D eigenvalue weighted by Crippen LogP contribution is 2.29. The fourth-order valence-corrected chi connectivity index (χ4v) is 5.05. The summed E-state index contributed by atoms with van der Waals surface area (Å²) in [6, 6.07) is 14.2. The van der Waals surface area contributed by atoms with Crippen LogP contribution in [0.2, 0.25) is 18.1 Å². The third kappa shape index (κ3) is 3.19. The lowest BCUT2D eigenvalue weighted by Crippen LogP contribution is -2.36. The van der Waals surface area contributed by atoms with E-state index in [0.717, 1.165) is 0 Å². The van der Waals surface area contributed by atoms with Gasteiger partial charge in [0, 0.05) is 0 Å². The third-order valence-electron chi connectivity index (χ3n) is 3.63. The van der Waals surface area contributed by atoms with E-state index < -0.39 is 8.32 Å². The lowest BCUT2D eigenvalue weighted by Gasteiger charge is -2.31. The van der Waals surface area contributed by atoms with Gasteiger partial charge in [0.25, 0.3) is 0 Å². The average molecular weight is 236 g/mol. The monoisotopic (exact) mass is 236 g/mol. The maximum Gasteiger partial charge on any atom is 0.192 e. The molecular weight excluding hydrogens is 212 g/mol. The van der Waals surface area contributed by atoms with Crippen molar-refractivity contribution in [2.24, 2.45) is 0 Å². The van der Waals surface area contributed by atoms with E-state index >= 15 is 0 Å². The molecule has 0 spiro atoms. The summed E-state index contributed by atoms with van der Waals surface area (Å²) in [5, 5.41) is 0. The molecule has 1 atom stereocenters. The number of hydrogen-bond acceptors (Lipinski definition) is 1. The van der Waals surface area contributed by atoms with Gasteiger partial charge < -0.3 is 4.43 Å². The van der Waals surface area contributed by atoms with Crippen LogP contribution in [0.5, 0.6) is 0 Å². The van der Waals surface area contributed by atoms with Gasteiger partial charge in [-0.3, -0.25) is 0 Å². The van der Waals surface area contributed by atoms with Gasteiger partial charge in [-0.05, 0) is 30.6 Å². The molecule has 1 aromatic rings.